The fourth-order valence-electron chi connectivity index (χ4n) is 3.54. The van der Waals surface area contributed by atoms with Crippen LogP contribution in [0.2, 0.25) is 15.1 Å². The van der Waals surface area contributed by atoms with Gasteiger partial charge in [0.05, 0.1) is 21.1 Å². The van der Waals surface area contributed by atoms with Gasteiger partial charge in [-0.1, -0.05) is 59.1 Å². The Morgan fingerprint density at radius 1 is 0.969 bits per heavy atom. The van der Waals surface area contributed by atoms with E-state index in [0.29, 0.717) is 47.4 Å². The first kappa shape index (κ1) is 22.6. The molecule has 0 saturated carbocycles. The lowest BCUT2D eigenvalue weighted by Crippen LogP contribution is -2.27. The summed E-state index contributed by atoms with van der Waals surface area (Å²) < 4.78 is 2.01. The summed E-state index contributed by atoms with van der Waals surface area (Å²) >= 11 is 18.8. The Bertz CT molecular complexity index is 1240. The van der Waals surface area contributed by atoms with Crippen LogP contribution in [0.4, 0.5) is 0 Å². The van der Waals surface area contributed by atoms with Gasteiger partial charge in [-0.3, -0.25) is 9.78 Å². The van der Waals surface area contributed by atoms with Crippen molar-refractivity contribution < 1.29 is 4.79 Å². The maximum atomic E-state index is 12.5. The van der Waals surface area contributed by atoms with Crippen molar-refractivity contribution in [2.45, 2.75) is 25.8 Å². The number of hydrogen-bond acceptors (Lipinski definition) is 3. The van der Waals surface area contributed by atoms with Crippen molar-refractivity contribution in [2.24, 2.45) is 0 Å². The molecule has 1 amide bonds. The zero-order valence-electron chi connectivity index (χ0n) is 17.2. The number of amides is 1. The molecule has 8 heteroatoms. The molecule has 0 aliphatic rings. The summed E-state index contributed by atoms with van der Waals surface area (Å²) in [5.74, 6) is 0.763. The van der Waals surface area contributed by atoms with Gasteiger partial charge in [0, 0.05) is 49.3 Å². The van der Waals surface area contributed by atoms with Crippen molar-refractivity contribution in [1.29, 1.82) is 0 Å². The van der Waals surface area contributed by atoms with Crippen LogP contribution >= 0.6 is 34.8 Å². The first-order valence-electron chi connectivity index (χ1n) is 10.3. The van der Waals surface area contributed by atoms with Gasteiger partial charge in [-0.2, -0.15) is 0 Å². The van der Waals surface area contributed by atoms with Crippen molar-refractivity contribution in [3.05, 3.63) is 92.9 Å². The summed E-state index contributed by atoms with van der Waals surface area (Å²) in [5.41, 5.74) is 3.48. The van der Waals surface area contributed by atoms with E-state index in [9.17, 15) is 4.79 Å². The zero-order chi connectivity index (χ0) is 22.5. The highest BCUT2D eigenvalue weighted by Crippen LogP contribution is 2.30. The smallest absolute Gasteiger partial charge is 0.221 e. The Kier molecular flexibility index (Phi) is 7.30. The van der Waals surface area contributed by atoms with Gasteiger partial charge in [-0.15, -0.1) is 0 Å². The number of pyridine rings is 1. The number of rotatable bonds is 8. The van der Waals surface area contributed by atoms with Gasteiger partial charge in [0.1, 0.15) is 5.82 Å². The normalized spacial score (nSPS) is 11.1. The predicted molar refractivity (Wildman–Crippen MR) is 130 cm³/mol. The van der Waals surface area contributed by atoms with Crippen LogP contribution in [0.15, 0.2) is 60.8 Å². The summed E-state index contributed by atoms with van der Waals surface area (Å²) in [5, 5.41) is 4.53. The minimum Gasteiger partial charge on any atom is -0.356 e. The van der Waals surface area contributed by atoms with E-state index in [0.717, 1.165) is 28.1 Å². The van der Waals surface area contributed by atoms with Gasteiger partial charge in [-0.05, 0) is 35.9 Å². The van der Waals surface area contributed by atoms with Crippen LogP contribution < -0.4 is 5.32 Å². The van der Waals surface area contributed by atoms with E-state index in [2.05, 4.69) is 10.3 Å². The number of benzene rings is 2. The third-order valence-corrected chi connectivity index (χ3v) is 6.26. The number of hydrogen-bond donors (Lipinski definition) is 1. The van der Waals surface area contributed by atoms with E-state index in [1.165, 1.54) is 0 Å². The Balaban J connectivity index is 1.50. The molecule has 4 rings (SSSR count). The molecule has 0 aliphatic heterocycles. The molecule has 2 aromatic carbocycles. The predicted octanol–water partition coefficient (Wildman–Crippen LogP) is 5.73. The Morgan fingerprint density at radius 3 is 2.53 bits per heavy atom. The molecule has 2 heterocycles. The van der Waals surface area contributed by atoms with Gasteiger partial charge < -0.3 is 9.88 Å². The molecule has 0 unspecified atom stereocenters. The Hall–Kier alpha value is -2.60. The highest BCUT2D eigenvalue weighted by atomic mass is 35.5. The molecule has 0 spiro atoms. The maximum Gasteiger partial charge on any atom is 0.221 e. The van der Waals surface area contributed by atoms with Gasteiger partial charge in [0.2, 0.25) is 5.91 Å². The van der Waals surface area contributed by atoms with Crippen molar-refractivity contribution >= 4 is 51.7 Å². The van der Waals surface area contributed by atoms with E-state index in [1.54, 1.807) is 18.3 Å². The van der Waals surface area contributed by atoms with E-state index in [4.69, 9.17) is 39.8 Å². The second-order valence-electron chi connectivity index (χ2n) is 7.37. The van der Waals surface area contributed by atoms with Crippen LogP contribution in [0.1, 0.15) is 23.5 Å². The van der Waals surface area contributed by atoms with Crippen molar-refractivity contribution in [3.63, 3.8) is 0 Å². The van der Waals surface area contributed by atoms with Crippen LogP contribution in [-0.2, 0) is 24.2 Å². The first-order chi connectivity index (χ1) is 15.5. The zero-order valence-corrected chi connectivity index (χ0v) is 19.5. The number of fused-ring (bicyclic) bond motifs is 1. The third kappa shape index (κ3) is 5.41. The molecule has 5 nitrogen and oxygen atoms in total. The average molecular weight is 488 g/mol. The van der Waals surface area contributed by atoms with E-state index in [1.807, 2.05) is 47.0 Å². The molecule has 0 fully saturated rings. The largest absolute Gasteiger partial charge is 0.356 e. The summed E-state index contributed by atoms with van der Waals surface area (Å²) in [4.78, 5) is 21.5. The Labute approximate surface area is 201 Å². The molecule has 1 N–H and O–H groups in total. The summed E-state index contributed by atoms with van der Waals surface area (Å²) in [6, 6.07) is 17.0. The van der Waals surface area contributed by atoms with E-state index < -0.39 is 0 Å². The third-order valence-electron chi connectivity index (χ3n) is 5.17. The second kappa shape index (κ2) is 10.3. The molecule has 0 saturated heterocycles. The molecule has 0 atom stereocenters. The van der Waals surface area contributed by atoms with Crippen LogP contribution in [0, 0.1) is 0 Å². The summed E-state index contributed by atoms with van der Waals surface area (Å²) in [6.07, 6.45) is 3.28. The molecule has 32 heavy (non-hydrogen) atoms. The highest BCUT2D eigenvalue weighted by Gasteiger charge is 2.16. The lowest BCUT2D eigenvalue weighted by Gasteiger charge is -2.11. The lowest BCUT2D eigenvalue weighted by molar-refractivity contribution is -0.121. The lowest BCUT2D eigenvalue weighted by atomic mass is 10.1. The molecule has 0 bridgehead atoms. The van der Waals surface area contributed by atoms with Crippen molar-refractivity contribution in [1.82, 2.24) is 19.9 Å². The summed E-state index contributed by atoms with van der Waals surface area (Å²) in [7, 11) is 0. The van der Waals surface area contributed by atoms with Crippen molar-refractivity contribution in [3.8, 4) is 0 Å². The number of carbonyl (C=O) groups is 1. The minimum absolute atomic E-state index is 0.0356. The molecule has 2 aromatic heterocycles. The quantitative estimate of drug-likeness (QED) is 0.345. The molecule has 4 aromatic rings. The second-order valence-corrected chi connectivity index (χ2v) is 8.60. The highest BCUT2D eigenvalue weighted by molar-refractivity contribution is 6.42. The monoisotopic (exact) mass is 486 g/mol. The van der Waals surface area contributed by atoms with Crippen LogP contribution in [0.3, 0.4) is 0 Å². The van der Waals surface area contributed by atoms with Crippen LogP contribution in [0.25, 0.3) is 11.0 Å². The number of nitrogens with zero attached hydrogens (tertiary/aromatic N) is 3. The number of carbonyl (C=O) groups excluding carboxylic acids is 1. The fraction of sp³-hybridized carbons (Fsp3) is 0.208. The first-order valence-corrected chi connectivity index (χ1v) is 11.4. The molecular weight excluding hydrogens is 467 g/mol. The maximum absolute atomic E-state index is 12.5. The van der Waals surface area contributed by atoms with Crippen LogP contribution in [-0.4, -0.2) is 27.0 Å². The molecular formula is C24H21Cl3N4O. The number of imidazole rings is 1. The molecule has 164 valence electrons. The van der Waals surface area contributed by atoms with E-state index in [-0.39, 0.29) is 5.91 Å². The van der Waals surface area contributed by atoms with Crippen LogP contribution in [0.5, 0.6) is 0 Å². The SMILES string of the molecule is O=C(CCn1c(Cc2ccccc2Cl)nc2cc(Cl)c(Cl)cc21)NCCc1ccccn1. The topological polar surface area (TPSA) is 59.8 Å². The molecule has 0 aliphatic carbocycles. The minimum atomic E-state index is -0.0356. The molecule has 0 radical (unpaired) electrons. The summed E-state index contributed by atoms with van der Waals surface area (Å²) in [6.45, 7) is 0.998. The number of halogens is 3. The number of nitrogens with one attached hydrogen (secondary N) is 1. The van der Waals surface area contributed by atoms with Gasteiger partial charge in [0.15, 0.2) is 0 Å². The Morgan fingerprint density at radius 2 is 1.75 bits per heavy atom. The van der Waals surface area contributed by atoms with Crippen molar-refractivity contribution in [2.75, 3.05) is 6.54 Å². The van der Waals surface area contributed by atoms with Gasteiger partial charge >= 0.3 is 0 Å². The van der Waals surface area contributed by atoms with Gasteiger partial charge in [0.25, 0.3) is 0 Å². The average Bonchev–Trinajstić information content (AvgIpc) is 3.10. The number of aromatic nitrogens is 3. The van der Waals surface area contributed by atoms with Gasteiger partial charge in [-0.25, -0.2) is 4.98 Å². The number of aryl methyl sites for hydroxylation is 1. The standard InChI is InChI=1S/C24H21Cl3N4O/c25-18-7-2-1-5-16(18)13-23-30-21-14-19(26)20(27)15-22(21)31(23)12-9-24(32)29-11-8-17-6-3-4-10-28-17/h1-7,10,14-15H,8-9,11-13H2,(H,29,32). The van der Waals surface area contributed by atoms with E-state index >= 15 is 0 Å². The fourth-order valence-corrected chi connectivity index (χ4v) is 4.06.